The van der Waals surface area contributed by atoms with Gasteiger partial charge in [-0.2, -0.15) is 0 Å². The third-order valence-corrected chi connectivity index (χ3v) is 4.11. The van der Waals surface area contributed by atoms with Crippen LogP contribution in [0.1, 0.15) is 32.6 Å². The van der Waals surface area contributed by atoms with Crippen LogP contribution in [0.15, 0.2) is 3.92 Å². The van der Waals surface area contributed by atoms with Gasteiger partial charge in [0.25, 0.3) is 0 Å². The number of hydrogen-bond donors (Lipinski definition) is 1. The minimum Gasteiger partial charge on any atom is -0.357 e. The lowest BCUT2D eigenvalue weighted by molar-refractivity contribution is 0.349. The number of rotatable bonds is 2. The fourth-order valence-corrected chi connectivity index (χ4v) is 3.03. The number of nitrogens with zero attached hydrogens (tertiary/aromatic N) is 2. The van der Waals surface area contributed by atoms with Gasteiger partial charge in [0.05, 0.1) is 0 Å². The maximum atomic E-state index is 4.05. The van der Waals surface area contributed by atoms with Crippen molar-refractivity contribution in [2.24, 2.45) is 5.92 Å². The molecular formula is C9H14BrN3S. The summed E-state index contributed by atoms with van der Waals surface area (Å²) in [5.74, 6) is 0.756. The summed E-state index contributed by atoms with van der Waals surface area (Å²) in [6, 6.07) is 0.587. The zero-order valence-corrected chi connectivity index (χ0v) is 10.6. The lowest BCUT2D eigenvalue weighted by atomic mass is 9.86. The van der Waals surface area contributed by atoms with Gasteiger partial charge >= 0.3 is 0 Å². The number of nitrogens with one attached hydrogen (secondary N) is 1. The van der Waals surface area contributed by atoms with E-state index in [-0.39, 0.29) is 0 Å². The molecule has 14 heavy (non-hydrogen) atoms. The largest absolute Gasteiger partial charge is 0.357 e. The molecule has 1 saturated carbocycles. The zero-order chi connectivity index (χ0) is 9.97. The number of anilines is 1. The Bertz CT molecular complexity index is 302. The molecule has 0 spiro atoms. The molecule has 5 heteroatoms. The fraction of sp³-hybridized carbons (Fsp3) is 0.778. The van der Waals surface area contributed by atoms with E-state index in [4.69, 9.17) is 0 Å². The lowest BCUT2D eigenvalue weighted by Crippen LogP contribution is -2.30. The van der Waals surface area contributed by atoms with E-state index in [2.05, 4.69) is 38.4 Å². The molecule has 1 aliphatic rings. The van der Waals surface area contributed by atoms with Gasteiger partial charge in [-0.1, -0.05) is 31.1 Å². The van der Waals surface area contributed by atoms with E-state index in [1.54, 1.807) is 11.3 Å². The number of hydrogen-bond acceptors (Lipinski definition) is 4. The van der Waals surface area contributed by atoms with Crippen LogP contribution >= 0.6 is 27.3 Å². The van der Waals surface area contributed by atoms with Crippen molar-refractivity contribution in [1.82, 2.24) is 10.2 Å². The highest BCUT2D eigenvalue weighted by atomic mass is 79.9. The Hall–Kier alpha value is -0.160. The molecule has 1 aromatic rings. The fourth-order valence-electron chi connectivity index (χ4n) is 1.95. The van der Waals surface area contributed by atoms with Crippen molar-refractivity contribution in [2.75, 3.05) is 5.32 Å². The third kappa shape index (κ3) is 2.45. The Morgan fingerprint density at radius 1 is 1.36 bits per heavy atom. The summed E-state index contributed by atoms with van der Waals surface area (Å²) in [6.07, 6.45) is 5.30. The molecule has 0 aromatic carbocycles. The summed E-state index contributed by atoms with van der Waals surface area (Å²) < 4.78 is 0.850. The van der Waals surface area contributed by atoms with E-state index in [0.717, 1.165) is 15.0 Å². The molecule has 0 bridgehead atoms. The standard InChI is InChI=1S/C9H14BrN3S/c1-6-4-2-3-5-7(6)11-9-13-12-8(10)14-9/h6-7H,2-5H2,1H3,(H,11,13). The van der Waals surface area contributed by atoms with Crippen molar-refractivity contribution >= 4 is 32.4 Å². The topological polar surface area (TPSA) is 37.8 Å². The van der Waals surface area contributed by atoms with Gasteiger partial charge in [-0.25, -0.2) is 0 Å². The van der Waals surface area contributed by atoms with Crippen LogP contribution in [0.2, 0.25) is 0 Å². The van der Waals surface area contributed by atoms with Gasteiger partial charge in [0.2, 0.25) is 5.13 Å². The van der Waals surface area contributed by atoms with E-state index in [0.29, 0.717) is 6.04 Å². The molecule has 3 nitrogen and oxygen atoms in total. The molecule has 1 N–H and O–H groups in total. The first-order chi connectivity index (χ1) is 6.75. The van der Waals surface area contributed by atoms with Gasteiger partial charge in [-0.15, -0.1) is 10.2 Å². The van der Waals surface area contributed by atoms with Crippen LogP contribution in [0.4, 0.5) is 5.13 Å². The van der Waals surface area contributed by atoms with Crippen molar-refractivity contribution in [1.29, 1.82) is 0 Å². The molecule has 2 rings (SSSR count). The van der Waals surface area contributed by atoms with Gasteiger partial charge in [0.1, 0.15) is 0 Å². The van der Waals surface area contributed by atoms with Crippen LogP contribution in [-0.2, 0) is 0 Å². The maximum absolute atomic E-state index is 4.05. The van der Waals surface area contributed by atoms with E-state index >= 15 is 0 Å². The summed E-state index contributed by atoms with van der Waals surface area (Å²) in [5, 5.41) is 12.4. The number of halogens is 1. The van der Waals surface area contributed by atoms with Crippen molar-refractivity contribution in [3.05, 3.63) is 3.92 Å². The van der Waals surface area contributed by atoms with E-state index in [9.17, 15) is 0 Å². The molecule has 0 amide bonds. The zero-order valence-electron chi connectivity index (χ0n) is 8.16. The second-order valence-corrected chi connectivity index (χ2v) is 6.13. The molecule has 2 atom stereocenters. The van der Waals surface area contributed by atoms with Crippen molar-refractivity contribution < 1.29 is 0 Å². The Balaban J connectivity index is 1.95. The molecule has 0 saturated heterocycles. The van der Waals surface area contributed by atoms with Crippen molar-refractivity contribution in [2.45, 2.75) is 38.6 Å². The molecule has 78 valence electrons. The van der Waals surface area contributed by atoms with E-state index in [1.807, 2.05) is 0 Å². The summed E-state index contributed by atoms with van der Waals surface area (Å²) in [4.78, 5) is 0. The molecular weight excluding hydrogens is 262 g/mol. The lowest BCUT2D eigenvalue weighted by Gasteiger charge is -2.28. The quantitative estimate of drug-likeness (QED) is 0.900. The minimum atomic E-state index is 0.587. The van der Waals surface area contributed by atoms with Gasteiger partial charge in [-0.05, 0) is 34.7 Å². The highest BCUT2D eigenvalue weighted by molar-refractivity contribution is 9.11. The van der Waals surface area contributed by atoms with Gasteiger partial charge in [0.15, 0.2) is 3.92 Å². The monoisotopic (exact) mass is 275 g/mol. The average Bonchev–Trinajstić information content (AvgIpc) is 2.56. The molecule has 1 aromatic heterocycles. The Morgan fingerprint density at radius 2 is 2.14 bits per heavy atom. The molecule has 0 aliphatic heterocycles. The normalized spacial score (nSPS) is 27.6. The van der Waals surface area contributed by atoms with Crippen LogP contribution in [-0.4, -0.2) is 16.2 Å². The first-order valence-corrected chi connectivity index (χ1v) is 6.62. The predicted octanol–water partition coefficient (Wildman–Crippen LogP) is 3.29. The molecule has 2 unspecified atom stereocenters. The average molecular weight is 276 g/mol. The van der Waals surface area contributed by atoms with Crippen molar-refractivity contribution in [3.63, 3.8) is 0 Å². The van der Waals surface area contributed by atoms with Gasteiger partial charge in [-0.3, -0.25) is 0 Å². The second-order valence-electron chi connectivity index (χ2n) is 3.87. The Labute approximate surface area is 96.4 Å². The smallest absolute Gasteiger partial charge is 0.206 e. The maximum Gasteiger partial charge on any atom is 0.206 e. The van der Waals surface area contributed by atoms with Crippen LogP contribution in [0.5, 0.6) is 0 Å². The molecule has 1 fully saturated rings. The van der Waals surface area contributed by atoms with Crippen LogP contribution in [0, 0.1) is 5.92 Å². The minimum absolute atomic E-state index is 0.587. The first kappa shape index (κ1) is 10.4. The van der Waals surface area contributed by atoms with Crippen molar-refractivity contribution in [3.8, 4) is 0 Å². The summed E-state index contributed by atoms with van der Waals surface area (Å²) in [7, 11) is 0. The highest BCUT2D eigenvalue weighted by Gasteiger charge is 2.21. The SMILES string of the molecule is CC1CCCCC1Nc1nnc(Br)s1. The second kappa shape index (κ2) is 4.57. The Morgan fingerprint density at radius 3 is 2.79 bits per heavy atom. The molecule has 1 heterocycles. The van der Waals surface area contributed by atoms with Crippen LogP contribution in [0.25, 0.3) is 0 Å². The Kier molecular flexibility index (Phi) is 3.38. The van der Waals surface area contributed by atoms with E-state index < -0.39 is 0 Å². The predicted molar refractivity (Wildman–Crippen MR) is 62.7 cm³/mol. The van der Waals surface area contributed by atoms with Gasteiger partial charge < -0.3 is 5.32 Å². The van der Waals surface area contributed by atoms with Crippen LogP contribution in [0.3, 0.4) is 0 Å². The third-order valence-electron chi connectivity index (χ3n) is 2.82. The summed E-state index contributed by atoms with van der Waals surface area (Å²) in [5.41, 5.74) is 0. The summed E-state index contributed by atoms with van der Waals surface area (Å²) >= 11 is 4.88. The van der Waals surface area contributed by atoms with E-state index in [1.165, 1.54) is 25.7 Å². The van der Waals surface area contributed by atoms with Crippen LogP contribution < -0.4 is 5.32 Å². The summed E-state index contributed by atoms with van der Waals surface area (Å²) in [6.45, 7) is 2.31. The van der Waals surface area contributed by atoms with Gasteiger partial charge in [0, 0.05) is 6.04 Å². The first-order valence-electron chi connectivity index (χ1n) is 5.01. The number of aromatic nitrogens is 2. The molecule has 1 aliphatic carbocycles. The highest BCUT2D eigenvalue weighted by Crippen LogP contribution is 2.28. The molecule has 0 radical (unpaired) electrons.